The predicted octanol–water partition coefficient (Wildman–Crippen LogP) is -6.55. The van der Waals surface area contributed by atoms with Crippen molar-refractivity contribution in [3.05, 3.63) is 57.6 Å². The van der Waals surface area contributed by atoms with Gasteiger partial charge in [-0.15, -0.1) is 0 Å². The first-order valence-electron chi connectivity index (χ1n) is 14.0. The first kappa shape index (κ1) is 43.7. The van der Waals surface area contributed by atoms with Crippen LogP contribution >= 0.6 is 15.2 Å². The number of phenolic OH excluding ortho intramolecular Hbond substituents is 2. The highest BCUT2D eigenvalue weighted by Gasteiger charge is 2.43. The third-order valence-corrected chi connectivity index (χ3v) is 8.54. The van der Waals surface area contributed by atoms with Crippen LogP contribution in [0.1, 0.15) is 39.8 Å². The summed E-state index contributed by atoms with van der Waals surface area (Å²) in [4.78, 5) is 57.7. The zero-order valence-corrected chi connectivity index (χ0v) is 27.6. The average Bonchev–Trinajstić information content (AvgIpc) is 2.98. The Morgan fingerprint density at radius 2 is 1.37 bits per heavy atom. The van der Waals surface area contributed by atoms with Gasteiger partial charge in [-0.1, -0.05) is 12.1 Å². The van der Waals surface area contributed by atoms with Gasteiger partial charge in [0.1, 0.15) is 31.3 Å². The summed E-state index contributed by atoms with van der Waals surface area (Å²) < 4.78 is 25.1. The van der Waals surface area contributed by atoms with E-state index in [4.69, 9.17) is 0 Å². The maximum absolute atomic E-state index is 12.2. The maximum Gasteiger partial charge on any atom is 0.389 e. The summed E-state index contributed by atoms with van der Waals surface area (Å²) in [6.07, 6.45) is -2.12. The fraction of sp³-hybridized carbons (Fsp3) is 0.444. The Bertz CT molecular complexity index is 1540. The number of hydrogen-bond donors (Lipinski definition) is 13. The van der Waals surface area contributed by atoms with E-state index in [-0.39, 0.29) is 38.3 Å². The van der Waals surface area contributed by atoms with Gasteiger partial charge in [0.25, 0.3) is 0 Å². The number of hydrogen-bond acceptors (Lipinski definition) is 14. The Kier molecular flexibility index (Phi) is 17.6. The molecule has 0 radical (unpaired) electrons. The van der Waals surface area contributed by atoms with E-state index in [0.717, 1.165) is 16.9 Å². The third kappa shape index (κ3) is 14.2. The van der Waals surface area contributed by atoms with Crippen molar-refractivity contribution in [2.75, 3.05) is 25.8 Å². The van der Waals surface area contributed by atoms with Crippen molar-refractivity contribution in [3.8, 4) is 11.5 Å². The van der Waals surface area contributed by atoms with Gasteiger partial charge in [0, 0.05) is 18.4 Å². The van der Waals surface area contributed by atoms with Gasteiger partial charge in [0.05, 0.1) is 37.6 Å². The summed E-state index contributed by atoms with van der Waals surface area (Å²) in [7, 11) is -9.85. The Labute approximate surface area is 278 Å². The molecule has 3 unspecified atom stereocenters. The number of phenols is 2. The molecule has 0 aliphatic rings. The van der Waals surface area contributed by atoms with E-state index in [1.54, 1.807) is 0 Å². The van der Waals surface area contributed by atoms with Crippen molar-refractivity contribution in [2.45, 2.75) is 51.5 Å². The lowest BCUT2D eigenvalue weighted by Crippen LogP contribution is -3.16. The fourth-order valence-corrected chi connectivity index (χ4v) is 6.52. The molecule has 0 aromatic heterocycles. The lowest BCUT2D eigenvalue weighted by Gasteiger charge is -2.31. The Hall–Kier alpha value is -3.33. The molecule has 0 aliphatic carbocycles. The van der Waals surface area contributed by atoms with Crippen LogP contribution in [0, 0.1) is 0 Å². The van der Waals surface area contributed by atoms with Crippen molar-refractivity contribution in [1.82, 2.24) is 0 Å². The highest BCUT2D eigenvalue weighted by Crippen LogP contribution is 2.35. The molecule has 0 aliphatic heterocycles. The number of carboxylic acids is 2. The summed E-state index contributed by atoms with van der Waals surface area (Å²) in [6, 6.07) is 2.06. The SMILES string of the molecule is O=C([O-])CC(=O)[O-].O=P(O)(O)C[N+](=Cc1c(O)cc(CO)cc1CO)C(CO)C(CO)[NH+](Cc1c(O)ccc(CO)c1CO)CP(=O)(O)O. The summed E-state index contributed by atoms with van der Waals surface area (Å²) in [5.74, 6) is -4.16. The highest BCUT2D eigenvalue weighted by molar-refractivity contribution is 7.51. The minimum Gasteiger partial charge on any atom is -0.550 e. The van der Waals surface area contributed by atoms with Gasteiger partial charge in [0.2, 0.25) is 12.3 Å². The van der Waals surface area contributed by atoms with Crippen molar-refractivity contribution >= 4 is 33.3 Å². The van der Waals surface area contributed by atoms with Crippen molar-refractivity contribution in [2.24, 2.45) is 0 Å². The summed E-state index contributed by atoms with van der Waals surface area (Å²) >= 11 is 0. The number of carbonyl (C=O) groups excluding carboxylic acids is 2. The molecule has 2 aromatic carbocycles. The molecule has 13 N–H and O–H groups in total. The van der Waals surface area contributed by atoms with Crippen LogP contribution in [0.4, 0.5) is 0 Å². The molecule has 0 saturated carbocycles. The van der Waals surface area contributed by atoms with Gasteiger partial charge in [0.15, 0.2) is 18.5 Å². The number of aromatic hydroxyl groups is 2. The predicted molar refractivity (Wildman–Crippen MR) is 160 cm³/mol. The van der Waals surface area contributed by atoms with Gasteiger partial charge in [-0.25, -0.2) is 4.58 Å². The number of aliphatic hydroxyl groups is 6. The lowest BCUT2D eigenvalue weighted by atomic mass is 9.99. The second-order valence-electron chi connectivity index (χ2n) is 10.6. The number of carboxylic acid groups (broad SMARTS) is 2. The van der Waals surface area contributed by atoms with Crippen molar-refractivity contribution in [1.29, 1.82) is 0 Å². The van der Waals surface area contributed by atoms with Crippen LogP contribution < -0.4 is 15.1 Å². The largest absolute Gasteiger partial charge is 0.550 e. The van der Waals surface area contributed by atoms with E-state index in [2.05, 4.69) is 0 Å². The molecule has 0 spiro atoms. The molecule has 2 aromatic rings. The Morgan fingerprint density at radius 3 is 1.78 bits per heavy atom. The molecule has 2 rings (SSSR count). The van der Waals surface area contributed by atoms with Gasteiger partial charge in [-0.3, -0.25) is 9.13 Å². The smallest absolute Gasteiger partial charge is 0.389 e. The number of nitrogens with one attached hydrogen (secondary N) is 1. The normalized spacial score (nSPS) is 14.0. The number of nitrogens with zero attached hydrogens (tertiary/aromatic N) is 1. The molecule has 49 heavy (non-hydrogen) atoms. The average molecular weight is 743 g/mol. The number of quaternary nitrogens is 1. The van der Waals surface area contributed by atoms with Crippen LogP contribution in [0.5, 0.6) is 11.5 Å². The molecule has 0 amide bonds. The standard InChI is InChI=1S/C24H36N2O14P2.C3H4O4/c27-7-15-3-17(9-29)18(24(34)4-15)5-25(13-41(35,36)37)21(11-31)22(12-32)26(14-42(38,39)40)6-19-20(10-30)16(8-28)1-2-23(19)33;4-2(5)1-3(6)7/h1-5,21-22,27-32H,6-14H2,(H5,33,35,36,37,38,39,40);1H2,(H,4,5)(H,6,7). The number of aliphatic hydroxyl groups excluding tert-OH is 6. The van der Waals surface area contributed by atoms with Crippen LogP contribution in [-0.2, 0) is 51.7 Å². The van der Waals surface area contributed by atoms with E-state index in [0.29, 0.717) is 0 Å². The van der Waals surface area contributed by atoms with Crippen LogP contribution in [0.2, 0.25) is 0 Å². The maximum atomic E-state index is 12.2. The van der Waals surface area contributed by atoms with Gasteiger partial charge < -0.3 is 85.1 Å². The van der Waals surface area contributed by atoms with E-state index >= 15 is 0 Å². The second-order valence-corrected chi connectivity index (χ2v) is 13.8. The number of carbonyl (C=O) groups is 2. The lowest BCUT2D eigenvalue weighted by molar-refractivity contribution is -0.942. The zero-order valence-electron chi connectivity index (χ0n) is 25.8. The van der Waals surface area contributed by atoms with Crippen LogP contribution in [0.3, 0.4) is 0 Å². The van der Waals surface area contributed by atoms with E-state index < -0.39 is 116 Å². The first-order valence-corrected chi connectivity index (χ1v) is 17.6. The molecule has 0 bridgehead atoms. The van der Waals surface area contributed by atoms with E-state index in [1.807, 2.05) is 0 Å². The number of aliphatic carboxylic acids is 2. The fourth-order valence-electron chi connectivity index (χ4n) is 4.92. The summed E-state index contributed by atoms with van der Waals surface area (Å²) in [6.45, 7) is -4.73. The topological polar surface area (TPSA) is 365 Å². The van der Waals surface area contributed by atoms with Crippen LogP contribution in [0.25, 0.3) is 0 Å². The second kappa shape index (κ2) is 19.8. The quantitative estimate of drug-likeness (QED) is 0.0292. The first-order chi connectivity index (χ1) is 22.7. The molecule has 0 saturated heterocycles. The molecule has 0 heterocycles. The molecule has 276 valence electrons. The number of benzene rings is 2. The van der Waals surface area contributed by atoms with Gasteiger partial charge >= 0.3 is 15.2 Å². The number of rotatable bonds is 18. The molecule has 3 atom stereocenters. The van der Waals surface area contributed by atoms with Gasteiger partial charge in [-0.05, 0) is 34.4 Å². The molecular formula is C27H40N2O18P2. The van der Waals surface area contributed by atoms with Crippen molar-refractivity contribution in [3.63, 3.8) is 0 Å². The summed E-state index contributed by atoms with van der Waals surface area (Å²) in [5, 5.41) is 99.3. The molecule has 0 fully saturated rings. The molecule has 20 nitrogen and oxygen atoms in total. The minimum absolute atomic E-state index is 0.0322. The Balaban J connectivity index is 0.00000154. The summed E-state index contributed by atoms with van der Waals surface area (Å²) in [5.41, 5.74) is 0.320. The minimum atomic E-state index is -4.94. The molecule has 22 heteroatoms. The zero-order chi connectivity index (χ0) is 37.7. The van der Waals surface area contributed by atoms with Gasteiger partial charge in [-0.2, -0.15) is 0 Å². The van der Waals surface area contributed by atoms with Crippen LogP contribution in [0.15, 0.2) is 24.3 Å². The third-order valence-electron chi connectivity index (χ3n) is 7.03. The van der Waals surface area contributed by atoms with Crippen molar-refractivity contribution < 1.29 is 98.8 Å². The Morgan fingerprint density at radius 1 is 0.776 bits per heavy atom. The van der Waals surface area contributed by atoms with E-state index in [1.165, 1.54) is 18.2 Å². The highest BCUT2D eigenvalue weighted by atomic mass is 31.2. The monoisotopic (exact) mass is 742 g/mol. The molecular weight excluding hydrogens is 702 g/mol. The van der Waals surface area contributed by atoms with E-state index in [9.17, 15) is 89.4 Å². The van der Waals surface area contributed by atoms with Crippen LogP contribution in [-0.4, -0.2) is 121 Å².